The molecule has 0 aliphatic heterocycles. The van der Waals surface area contributed by atoms with Gasteiger partial charge in [0, 0.05) is 34.3 Å². The van der Waals surface area contributed by atoms with E-state index in [9.17, 15) is 27.9 Å². The maximum absolute atomic E-state index is 13.2. The maximum Gasteiger partial charge on any atom is 0.573 e. The van der Waals surface area contributed by atoms with Crippen LogP contribution < -0.4 is 10.1 Å². The molecule has 9 heteroatoms. The van der Waals surface area contributed by atoms with Crippen molar-refractivity contribution in [2.75, 3.05) is 0 Å². The van der Waals surface area contributed by atoms with Crippen LogP contribution in [0.25, 0.3) is 22.0 Å². The second-order valence-corrected chi connectivity index (χ2v) is 10.4. The number of rotatable bonds is 8. The number of hydrogen-bond acceptors (Lipinski definition) is 3. The largest absolute Gasteiger partial charge is 0.573 e. The van der Waals surface area contributed by atoms with Crippen LogP contribution in [0.1, 0.15) is 56.1 Å². The molecule has 0 aliphatic carbocycles. The quantitative estimate of drug-likeness (QED) is 0.193. The number of para-hydroxylation sites is 1. The van der Waals surface area contributed by atoms with Crippen molar-refractivity contribution in [3.8, 4) is 16.9 Å². The fourth-order valence-electron chi connectivity index (χ4n) is 5.30. The van der Waals surface area contributed by atoms with E-state index in [0.29, 0.717) is 17.7 Å². The first-order valence-electron chi connectivity index (χ1n) is 13.6. The molecular weight excluding hydrogens is 557 g/mol. The number of fused-ring (bicyclic) bond motifs is 1. The number of amides is 1. The minimum Gasteiger partial charge on any atom is -0.478 e. The van der Waals surface area contributed by atoms with Gasteiger partial charge in [0.15, 0.2) is 0 Å². The molecule has 2 N–H and O–H groups in total. The van der Waals surface area contributed by atoms with Crippen LogP contribution in [0.3, 0.4) is 0 Å². The van der Waals surface area contributed by atoms with Crippen LogP contribution in [0.5, 0.6) is 5.75 Å². The number of halogens is 3. The van der Waals surface area contributed by atoms with Crippen molar-refractivity contribution in [2.45, 2.75) is 39.7 Å². The highest BCUT2D eigenvalue weighted by molar-refractivity contribution is 5.99. The second-order valence-electron chi connectivity index (χ2n) is 10.4. The van der Waals surface area contributed by atoms with E-state index in [4.69, 9.17) is 0 Å². The van der Waals surface area contributed by atoms with Crippen LogP contribution >= 0.6 is 0 Å². The van der Waals surface area contributed by atoms with Crippen molar-refractivity contribution in [1.29, 1.82) is 0 Å². The summed E-state index contributed by atoms with van der Waals surface area (Å²) in [5.41, 5.74) is 6.29. The van der Waals surface area contributed by atoms with Crippen LogP contribution in [0.15, 0.2) is 91.0 Å². The van der Waals surface area contributed by atoms with Crippen LogP contribution in [0.4, 0.5) is 13.2 Å². The highest BCUT2D eigenvalue weighted by Crippen LogP contribution is 2.32. The summed E-state index contributed by atoms with van der Waals surface area (Å²) in [7, 11) is 0. The van der Waals surface area contributed by atoms with Crippen molar-refractivity contribution in [3.05, 3.63) is 125 Å². The Labute approximate surface area is 246 Å². The fourth-order valence-corrected chi connectivity index (χ4v) is 5.30. The molecule has 0 radical (unpaired) electrons. The van der Waals surface area contributed by atoms with Gasteiger partial charge in [-0.15, -0.1) is 13.2 Å². The molecule has 0 fully saturated rings. The van der Waals surface area contributed by atoms with Crippen molar-refractivity contribution in [1.82, 2.24) is 9.88 Å². The zero-order chi connectivity index (χ0) is 30.9. The Kier molecular flexibility index (Phi) is 8.00. The maximum atomic E-state index is 13.2. The molecule has 1 heterocycles. The van der Waals surface area contributed by atoms with Crippen molar-refractivity contribution >= 4 is 22.8 Å². The minimum atomic E-state index is -4.85. The van der Waals surface area contributed by atoms with E-state index in [1.54, 1.807) is 43.3 Å². The normalized spacial score (nSPS) is 12.2. The number of carbonyl (C=O) groups excluding carboxylic acids is 1. The van der Waals surface area contributed by atoms with Crippen LogP contribution in [-0.2, 0) is 6.54 Å². The van der Waals surface area contributed by atoms with Gasteiger partial charge < -0.3 is 19.7 Å². The lowest BCUT2D eigenvalue weighted by molar-refractivity contribution is -0.275. The van der Waals surface area contributed by atoms with Gasteiger partial charge in [-0.3, -0.25) is 4.79 Å². The zero-order valence-corrected chi connectivity index (χ0v) is 23.7. The summed E-state index contributed by atoms with van der Waals surface area (Å²) in [6, 6.07) is 25.0. The average Bonchev–Trinajstić information content (AvgIpc) is 3.21. The zero-order valence-electron chi connectivity index (χ0n) is 23.7. The molecule has 5 aromatic rings. The number of aromatic nitrogens is 1. The molecule has 1 aromatic heterocycles. The van der Waals surface area contributed by atoms with Crippen LogP contribution in [0.2, 0.25) is 0 Å². The third-order valence-electron chi connectivity index (χ3n) is 7.62. The average molecular weight is 587 g/mol. The molecule has 0 bridgehead atoms. The highest BCUT2D eigenvalue weighted by atomic mass is 19.4. The van der Waals surface area contributed by atoms with E-state index < -0.39 is 24.3 Å². The number of aryl methyl sites for hydroxylation is 1. The lowest BCUT2D eigenvalue weighted by Crippen LogP contribution is -2.27. The first-order chi connectivity index (χ1) is 20.4. The van der Waals surface area contributed by atoms with Gasteiger partial charge in [0.25, 0.3) is 5.91 Å². The second kappa shape index (κ2) is 11.7. The number of alkyl halides is 3. The van der Waals surface area contributed by atoms with Gasteiger partial charge in [0.2, 0.25) is 0 Å². The standard InChI is InChI=1S/C34H29F3N2O4/c1-20-22(3)39(19-23-12-14-24(15-13-23)27-9-4-5-10-28(27)33(41)42)30-17-16-25(18-29(20)30)32(40)38-21(2)26-8-6-7-11-31(26)43-34(35,36)37/h4-18,21H,19H2,1-3H3,(H,38,40)(H,41,42). The Morgan fingerprint density at radius 2 is 1.60 bits per heavy atom. The number of carboxylic acids is 1. The van der Waals surface area contributed by atoms with Gasteiger partial charge in [-0.1, -0.05) is 60.7 Å². The Morgan fingerprint density at radius 3 is 2.30 bits per heavy atom. The summed E-state index contributed by atoms with van der Waals surface area (Å²) in [5, 5.41) is 13.2. The Bertz CT molecular complexity index is 1820. The minimum absolute atomic E-state index is 0.213. The number of carboxylic acid groups (broad SMARTS) is 1. The molecule has 0 saturated carbocycles. The first kappa shape index (κ1) is 29.4. The lowest BCUT2D eigenvalue weighted by atomic mass is 9.99. The summed E-state index contributed by atoms with van der Waals surface area (Å²) in [5.74, 6) is -1.76. The van der Waals surface area contributed by atoms with Gasteiger partial charge in [-0.25, -0.2) is 4.79 Å². The SMILES string of the molecule is Cc1c(C)n(Cc2ccc(-c3ccccc3C(=O)O)cc2)c2ccc(C(=O)NC(C)c3ccccc3OC(F)(F)F)cc12. The molecule has 1 atom stereocenters. The monoisotopic (exact) mass is 586 g/mol. The summed E-state index contributed by atoms with van der Waals surface area (Å²) in [6.45, 7) is 6.16. The summed E-state index contributed by atoms with van der Waals surface area (Å²) >= 11 is 0. The van der Waals surface area contributed by atoms with Crippen LogP contribution in [0, 0.1) is 13.8 Å². The smallest absolute Gasteiger partial charge is 0.478 e. The van der Waals surface area contributed by atoms with E-state index in [0.717, 1.165) is 33.3 Å². The fraction of sp³-hybridized carbons (Fsp3) is 0.176. The van der Waals surface area contributed by atoms with Crippen molar-refractivity contribution in [2.24, 2.45) is 0 Å². The molecule has 0 saturated heterocycles. The topological polar surface area (TPSA) is 80.6 Å². The summed E-state index contributed by atoms with van der Waals surface area (Å²) in [6.07, 6.45) is -4.85. The number of aromatic carboxylic acids is 1. The number of carbonyl (C=O) groups is 2. The first-order valence-corrected chi connectivity index (χ1v) is 13.6. The summed E-state index contributed by atoms with van der Waals surface area (Å²) < 4.78 is 44.9. The molecule has 0 spiro atoms. The molecular formula is C34H29F3N2O4. The molecule has 43 heavy (non-hydrogen) atoms. The van der Waals surface area contributed by atoms with E-state index in [-0.39, 0.29) is 16.9 Å². The number of ether oxygens (including phenoxy) is 1. The van der Waals surface area contributed by atoms with Gasteiger partial charge in [-0.05, 0) is 73.4 Å². The van der Waals surface area contributed by atoms with Crippen LogP contribution in [-0.4, -0.2) is 27.9 Å². The number of nitrogens with zero attached hydrogens (tertiary/aromatic N) is 1. The molecule has 5 rings (SSSR count). The molecule has 1 amide bonds. The Hall–Kier alpha value is -5.05. The molecule has 220 valence electrons. The third kappa shape index (κ3) is 6.25. The predicted octanol–water partition coefficient (Wildman–Crippen LogP) is 8.06. The van der Waals surface area contributed by atoms with Gasteiger partial charge >= 0.3 is 12.3 Å². The molecule has 4 aromatic carbocycles. The molecule has 1 unspecified atom stereocenters. The third-order valence-corrected chi connectivity index (χ3v) is 7.62. The van der Waals surface area contributed by atoms with Gasteiger partial charge in [-0.2, -0.15) is 0 Å². The van der Waals surface area contributed by atoms with E-state index in [1.165, 1.54) is 18.2 Å². The summed E-state index contributed by atoms with van der Waals surface area (Å²) in [4.78, 5) is 24.8. The number of nitrogens with one attached hydrogen (secondary N) is 1. The van der Waals surface area contributed by atoms with Gasteiger partial charge in [0.1, 0.15) is 5.75 Å². The predicted molar refractivity (Wildman–Crippen MR) is 158 cm³/mol. The van der Waals surface area contributed by atoms with E-state index >= 15 is 0 Å². The number of benzene rings is 4. The van der Waals surface area contributed by atoms with E-state index in [1.807, 2.05) is 50.2 Å². The van der Waals surface area contributed by atoms with E-state index in [2.05, 4.69) is 14.6 Å². The molecule has 0 aliphatic rings. The van der Waals surface area contributed by atoms with Gasteiger partial charge in [0.05, 0.1) is 11.6 Å². The van der Waals surface area contributed by atoms with Crippen molar-refractivity contribution in [3.63, 3.8) is 0 Å². The molecule has 6 nitrogen and oxygen atoms in total. The van der Waals surface area contributed by atoms with Crippen molar-refractivity contribution < 1.29 is 32.6 Å². The lowest BCUT2D eigenvalue weighted by Gasteiger charge is -2.19. The Balaban J connectivity index is 1.37. The number of hydrogen-bond donors (Lipinski definition) is 2. The Morgan fingerprint density at radius 1 is 0.930 bits per heavy atom. The highest BCUT2D eigenvalue weighted by Gasteiger charge is 2.32.